The first-order chi connectivity index (χ1) is 10.7. The summed E-state index contributed by atoms with van der Waals surface area (Å²) in [6.45, 7) is 7.57. The van der Waals surface area contributed by atoms with Gasteiger partial charge in [0, 0.05) is 31.1 Å². The Morgan fingerprint density at radius 1 is 1.22 bits per heavy atom. The Labute approximate surface area is 136 Å². The molecule has 6 heteroatoms. The number of methoxy groups -OCH3 is 1. The van der Waals surface area contributed by atoms with E-state index in [-0.39, 0.29) is 11.8 Å². The van der Waals surface area contributed by atoms with E-state index in [9.17, 15) is 14.4 Å². The van der Waals surface area contributed by atoms with Gasteiger partial charge in [-0.15, -0.1) is 0 Å². The second-order valence-electron chi connectivity index (χ2n) is 6.22. The van der Waals surface area contributed by atoms with Crippen LogP contribution in [0, 0.1) is 5.41 Å². The first kappa shape index (κ1) is 18.7. The van der Waals surface area contributed by atoms with Crippen LogP contribution >= 0.6 is 0 Å². The van der Waals surface area contributed by atoms with Crippen molar-refractivity contribution in [3.8, 4) is 0 Å². The van der Waals surface area contributed by atoms with Crippen molar-refractivity contribution >= 4 is 23.5 Å². The molecule has 23 heavy (non-hydrogen) atoms. The summed E-state index contributed by atoms with van der Waals surface area (Å²) in [5.41, 5.74) is 0.478. The fourth-order valence-electron chi connectivity index (χ4n) is 1.93. The van der Waals surface area contributed by atoms with Crippen LogP contribution in [0.4, 0.5) is 5.69 Å². The molecule has 1 aromatic carbocycles. The summed E-state index contributed by atoms with van der Waals surface area (Å²) in [4.78, 5) is 36.8. The molecule has 0 saturated carbocycles. The van der Waals surface area contributed by atoms with Crippen LogP contribution in [0.3, 0.4) is 0 Å². The quantitative estimate of drug-likeness (QED) is 0.842. The highest BCUT2D eigenvalue weighted by molar-refractivity contribution is 5.95. The molecule has 0 atom stereocenters. The monoisotopic (exact) mass is 320 g/mol. The average Bonchev–Trinajstić information content (AvgIpc) is 2.49. The first-order valence-corrected chi connectivity index (χ1v) is 7.41. The Balaban J connectivity index is 2.82. The van der Waals surface area contributed by atoms with Crippen LogP contribution in [-0.2, 0) is 14.3 Å². The molecule has 0 spiro atoms. The number of nitrogens with zero attached hydrogens (tertiary/aromatic N) is 1. The number of carbonyl (C=O) groups is 3. The van der Waals surface area contributed by atoms with E-state index in [1.54, 1.807) is 24.3 Å². The highest BCUT2D eigenvalue weighted by Crippen LogP contribution is 2.17. The standard InChI is InChI=1S/C17H24N2O4/c1-12(20)19(10-9-18-16(22)17(2,3)4)14-8-6-7-13(11-14)15(21)23-5/h6-8,11H,9-10H2,1-5H3,(H,18,22). The minimum absolute atomic E-state index is 0.0793. The Bertz CT molecular complexity index is 591. The SMILES string of the molecule is COC(=O)c1cccc(N(CCNC(=O)C(C)(C)C)C(C)=O)c1. The maximum absolute atomic E-state index is 11.9. The number of esters is 1. The maximum atomic E-state index is 11.9. The lowest BCUT2D eigenvalue weighted by Gasteiger charge is -2.23. The molecule has 0 fully saturated rings. The number of anilines is 1. The van der Waals surface area contributed by atoms with E-state index in [1.807, 2.05) is 20.8 Å². The molecule has 126 valence electrons. The van der Waals surface area contributed by atoms with E-state index in [1.165, 1.54) is 18.9 Å². The summed E-state index contributed by atoms with van der Waals surface area (Å²) in [5.74, 6) is -0.710. The fraction of sp³-hybridized carbons (Fsp3) is 0.471. The summed E-state index contributed by atoms with van der Waals surface area (Å²) in [6, 6.07) is 6.64. The van der Waals surface area contributed by atoms with Crippen LogP contribution in [0.25, 0.3) is 0 Å². The summed E-state index contributed by atoms with van der Waals surface area (Å²) < 4.78 is 4.68. The van der Waals surface area contributed by atoms with Gasteiger partial charge in [0.1, 0.15) is 0 Å². The number of ether oxygens (including phenoxy) is 1. The van der Waals surface area contributed by atoms with Gasteiger partial charge < -0.3 is 15.0 Å². The van der Waals surface area contributed by atoms with Crippen LogP contribution in [0.15, 0.2) is 24.3 Å². The van der Waals surface area contributed by atoms with Crippen molar-refractivity contribution in [2.24, 2.45) is 5.41 Å². The molecule has 0 radical (unpaired) electrons. The molecular weight excluding hydrogens is 296 g/mol. The molecule has 1 aromatic rings. The van der Waals surface area contributed by atoms with Crippen molar-refractivity contribution < 1.29 is 19.1 Å². The number of nitrogens with one attached hydrogen (secondary N) is 1. The number of rotatable bonds is 5. The minimum Gasteiger partial charge on any atom is -0.465 e. The van der Waals surface area contributed by atoms with Gasteiger partial charge in [-0.05, 0) is 18.2 Å². The first-order valence-electron chi connectivity index (χ1n) is 7.41. The van der Waals surface area contributed by atoms with E-state index >= 15 is 0 Å². The van der Waals surface area contributed by atoms with Gasteiger partial charge in [-0.3, -0.25) is 9.59 Å². The van der Waals surface area contributed by atoms with Crippen molar-refractivity contribution in [2.75, 3.05) is 25.1 Å². The Kier molecular flexibility index (Phi) is 6.30. The Morgan fingerprint density at radius 3 is 2.39 bits per heavy atom. The number of hydrogen-bond acceptors (Lipinski definition) is 4. The maximum Gasteiger partial charge on any atom is 0.337 e. The molecule has 1 N–H and O–H groups in total. The summed E-state index contributed by atoms with van der Waals surface area (Å²) >= 11 is 0. The van der Waals surface area contributed by atoms with Gasteiger partial charge in [-0.1, -0.05) is 26.8 Å². The molecule has 6 nitrogen and oxygen atoms in total. The summed E-state index contributed by atoms with van der Waals surface area (Å²) in [6.07, 6.45) is 0. The summed E-state index contributed by atoms with van der Waals surface area (Å²) in [5, 5.41) is 2.80. The molecule has 0 heterocycles. The third-order valence-corrected chi connectivity index (χ3v) is 3.26. The van der Waals surface area contributed by atoms with E-state index in [0.29, 0.717) is 24.3 Å². The van der Waals surface area contributed by atoms with Crippen molar-refractivity contribution in [1.29, 1.82) is 0 Å². The third-order valence-electron chi connectivity index (χ3n) is 3.26. The lowest BCUT2D eigenvalue weighted by atomic mass is 9.96. The van der Waals surface area contributed by atoms with Gasteiger partial charge in [-0.2, -0.15) is 0 Å². The lowest BCUT2D eigenvalue weighted by molar-refractivity contribution is -0.128. The molecule has 0 bridgehead atoms. The molecule has 0 aliphatic rings. The van der Waals surface area contributed by atoms with Crippen molar-refractivity contribution in [2.45, 2.75) is 27.7 Å². The second kappa shape index (κ2) is 7.76. The molecule has 0 unspecified atom stereocenters. The van der Waals surface area contributed by atoms with E-state index < -0.39 is 11.4 Å². The smallest absolute Gasteiger partial charge is 0.337 e. The van der Waals surface area contributed by atoms with Gasteiger partial charge in [0.25, 0.3) is 0 Å². The number of benzene rings is 1. The van der Waals surface area contributed by atoms with E-state index in [0.717, 1.165) is 0 Å². The third kappa shape index (κ3) is 5.39. The topological polar surface area (TPSA) is 75.7 Å². The number of amides is 2. The Hall–Kier alpha value is -2.37. The zero-order valence-corrected chi connectivity index (χ0v) is 14.3. The van der Waals surface area contributed by atoms with Gasteiger partial charge in [0.2, 0.25) is 11.8 Å². The molecular formula is C17H24N2O4. The van der Waals surface area contributed by atoms with Crippen LogP contribution in [-0.4, -0.2) is 38.0 Å². The highest BCUT2D eigenvalue weighted by Gasteiger charge is 2.21. The van der Waals surface area contributed by atoms with Gasteiger partial charge in [-0.25, -0.2) is 4.79 Å². The van der Waals surface area contributed by atoms with Crippen molar-refractivity contribution in [3.05, 3.63) is 29.8 Å². The predicted octanol–water partition coefficient (Wildman–Crippen LogP) is 1.99. The van der Waals surface area contributed by atoms with Gasteiger partial charge in [0.05, 0.1) is 12.7 Å². The Morgan fingerprint density at radius 2 is 1.87 bits per heavy atom. The van der Waals surface area contributed by atoms with Crippen LogP contribution < -0.4 is 10.2 Å². The molecule has 0 saturated heterocycles. The minimum atomic E-state index is -0.480. The molecule has 0 aliphatic heterocycles. The van der Waals surface area contributed by atoms with Crippen LogP contribution in [0.2, 0.25) is 0 Å². The number of carbonyl (C=O) groups excluding carboxylic acids is 3. The zero-order chi connectivity index (χ0) is 17.6. The number of hydrogen-bond donors (Lipinski definition) is 1. The molecule has 1 rings (SSSR count). The van der Waals surface area contributed by atoms with E-state index in [2.05, 4.69) is 10.1 Å². The van der Waals surface area contributed by atoms with Gasteiger partial charge in [0.15, 0.2) is 0 Å². The summed E-state index contributed by atoms with van der Waals surface area (Å²) in [7, 11) is 1.31. The van der Waals surface area contributed by atoms with E-state index in [4.69, 9.17) is 0 Å². The van der Waals surface area contributed by atoms with Crippen molar-refractivity contribution in [3.63, 3.8) is 0 Å². The van der Waals surface area contributed by atoms with Crippen molar-refractivity contribution in [1.82, 2.24) is 5.32 Å². The van der Waals surface area contributed by atoms with Crippen LogP contribution in [0.1, 0.15) is 38.1 Å². The lowest BCUT2D eigenvalue weighted by Crippen LogP contribution is -2.41. The fourth-order valence-corrected chi connectivity index (χ4v) is 1.93. The second-order valence-corrected chi connectivity index (χ2v) is 6.22. The van der Waals surface area contributed by atoms with Gasteiger partial charge >= 0.3 is 5.97 Å². The molecule has 0 aromatic heterocycles. The highest BCUT2D eigenvalue weighted by atomic mass is 16.5. The van der Waals surface area contributed by atoms with Crippen LogP contribution in [0.5, 0.6) is 0 Å². The largest absolute Gasteiger partial charge is 0.465 e. The normalized spacial score (nSPS) is 10.8. The molecule has 2 amide bonds. The zero-order valence-electron chi connectivity index (χ0n) is 14.3. The average molecular weight is 320 g/mol. The predicted molar refractivity (Wildman–Crippen MR) is 88.3 cm³/mol. The molecule has 0 aliphatic carbocycles.